The van der Waals surface area contributed by atoms with Crippen molar-refractivity contribution in [2.45, 2.75) is 39.8 Å². The van der Waals surface area contributed by atoms with Crippen molar-refractivity contribution in [1.29, 1.82) is 0 Å². The van der Waals surface area contributed by atoms with Crippen molar-refractivity contribution in [3.05, 3.63) is 23.9 Å². The second-order valence-electron chi connectivity index (χ2n) is 5.28. The summed E-state index contributed by atoms with van der Waals surface area (Å²) in [4.78, 5) is 15.9. The number of nitrogens with zero attached hydrogens (tertiary/aromatic N) is 1. The lowest BCUT2D eigenvalue weighted by Gasteiger charge is -2.15. The summed E-state index contributed by atoms with van der Waals surface area (Å²) in [5.74, 6) is 1.22. The first kappa shape index (κ1) is 16.4. The van der Waals surface area contributed by atoms with Crippen molar-refractivity contribution in [2.24, 2.45) is 5.92 Å². The van der Waals surface area contributed by atoms with Gasteiger partial charge in [0.25, 0.3) is 0 Å². The maximum Gasteiger partial charge on any atom is 0.236 e. The molecule has 20 heavy (non-hydrogen) atoms. The SMILES string of the molecule is COc1cc(CNC(C)C(=O)NCCC(C)C)ccn1. The predicted octanol–water partition coefficient (Wildman–Crippen LogP) is 1.73. The molecule has 1 heterocycles. The number of hydrogen-bond acceptors (Lipinski definition) is 4. The van der Waals surface area contributed by atoms with Gasteiger partial charge in [-0.2, -0.15) is 0 Å². The molecule has 0 aliphatic carbocycles. The minimum atomic E-state index is -0.221. The van der Waals surface area contributed by atoms with Crippen molar-refractivity contribution >= 4 is 5.91 Å². The summed E-state index contributed by atoms with van der Waals surface area (Å²) in [6.45, 7) is 7.49. The van der Waals surface area contributed by atoms with E-state index in [1.165, 1.54) is 0 Å². The van der Waals surface area contributed by atoms with Gasteiger partial charge in [0.05, 0.1) is 13.2 Å². The topological polar surface area (TPSA) is 63.2 Å². The average Bonchev–Trinajstić information content (AvgIpc) is 2.44. The van der Waals surface area contributed by atoms with Gasteiger partial charge >= 0.3 is 0 Å². The predicted molar refractivity (Wildman–Crippen MR) is 79.6 cm³/mol. The Balaban J connectivity index is 2.34. The van der Waals surface area contributed by atoms with E-state index in [0.29, 0.717) is 18.3 Å². The lowest BCUT2D eigenvalue weighted by Crippen LogP contribution is -2.42. The third-order valence-corrected chi connectivity index (χ3v) is 3.03. The van der Waals surface area contributed by atoms with Crippen LogP contribution in [0, 0.1) is 5.92 Å². The van der Waals surface area contributed by atoms with E-state index in [4.69, 9.17) is 4.74 Å². The highest BCUT2D eigenvalue weighted by atomic mass is 16.5. The molecule has 0 bridgehead atoms. The molecule has 0 aliphatic heterocycles. The lowest BCUT2D eigenvalue weighted by atomic mass is 10.1. The summed E-state index contributed by atoms with van der Waals surface area (Å²) >= 11 is 0. The number of methoxy groups -OCH3 is 1. The van der Waals surface area contributed by atoms with Gasteiger partial charge < -0.3 is 15.4 Å². The Hall–Kier alpha value is -1.62. The molecule has 1 atom stereocenters. The van der Waals surface area contributed by atoms with E-state index in [0.717, 1.165) is 18.5 Å². The van der Waals surface area contributed by atoms with Crippen molar-refractivity contribution in [3.8, 4) is 5.88 Å². The molecule has 1 rings (SSSR count). The van der Waals surface area contributed by atoms with E-state index >= 15 is 0 Å². The Morgan fingerprint density at radius 1 is 1.40 bits per heavy atom. The minimum absolute atomic E-state index is 0.0340. The van der Waals surface area contributed by atoms with Crippen molar-refractivity contribution < 1.29 is 9.53 Å². The Kier molecular flexibility index (Phi) is 7.01. The monoisotopic (exact) mass is 279 g/mol. The Bertz CT molecular complexity index is 421. The second-order valence-corrected chi connectivity index (χ2v) is 5.28. The molecular formula is C15H25N3O2. The van der Waals surface area contributed by atoms with E-state index in [9.17, 15) is 4.79 Å². The zero-order valence-electron chi connectivity index (χ0n) is 12.8. The van der Waals surface area contributed by atoms with E-state index in [-0.39, 0.29) is 11.9 Å². The highest BCUT2D eigenvalue weighted by Crippen LogP contribution is 2.08. The van der Waals surface area contributed by atoms with E-state index < -0.39 is 0 Å². The largest absolute Gasteiger partial charge is 0.481 e. The van der Waals surface area contributed by atoms with Crippen molar-refractivity contribution in [1.82, 2.24) is 15.6 Å². The van der Waals surface area contributed by atoms with Gasteiger partial charge in [0.2, 0.25) is 11.8 Å². The van der Waals surface area contributed by atoms with Gasteiger partial charge in [0.15, 0.2) is 0 Å². The van der Waals surface area contributed by atoms with Crippen LogP contribution in [-0.2, 0) is 11.3 Å². The molecule has 1 amide bonds. The first-order chi connectivity index (χ1) is 9.52. The van der Waals surface area contributed by atoms with Crippen LogP contribution in [0.15, 0.2) is 18.3 Å². The van der Waals surface area contributed by atoms with Gasteiger partial charge in [-0.25, -0.2) is 4.98 Å². The van der Waals surface area contributed by atoms with Gasteiger partial charge in [-0.05, 0) is 30.9 Å². The van der Waals surface area contributed by atoms with Crippen LogP contribution < -0.4 is 15.4 Å². The molecular weight excluding hydrogens is 254 g/mol. The number of rotatable bonds is 8. The first-order valence-corrected chi connectivity index (χ1v) is 7.03. The summed E-state index contributed by atoms with van der Waals surface area (Å²) in [6.07, 6.45) is 2.70. The third kappa shape index (κ3) is 6.02. The number of nitrogens with one attached hydrogen (secondary N) is 2. The van der Waals surface area contributed by atoms with E-state index in [1.807, 2.05) is 19.1 Å². The molecule has 0 saturated heterocycles. The summed E-state index contributed by atoms with van der Waals surface area (Å²) in [7, 11) is 1.59. The molecule has 0 saturated carbocycles. The molecule has 112 valence electrons. The van der Waals surface area contributed by atoms with E-state index in [1.54, 1.807) is 13.3 Å². The molecule has 0 spiro atoms. The fraction of sp³-hybridized carbons (Fsp3) is 0.600. The number of aromatic nitrogens is 1. The Morgan fingerprint density at radius 2 is 2.15 bits per heavy atom. The Labute approximate surface area is 121 Å². The smallest absolute Gasteiger partial charge is 0.236 e. The number of pyridine rings is 1. The van der Waals surface area contributed by atoms with Crippen LogP contribution in [0.1, 0.15) is 32.8 Å². The fourth-order valence-corrected chi connectivity index (χ4v) is 1.67. The molecule has 0 aliphatic rings. The highest BCUT2D eigenvalue weighted by molar-refractivity contribution is 5.81. The van der Waals surface area contributed by atoms with Gasteiger partial charge in [-0.1, -0.05) is 13.8 Å². The van der Waals surface area contributed by atoms with Gasteiger partial charge in [0.1, 0.15) is 0 Å². The standard InChI is InChI=1S/C15H25N3O2/c1-11(2)5-7-17-15(19)12(3)18-10-13-6-8-16-14(9-13)20-4/h6,8-9,11-12,18H,5,7,10H2,1-4H3,(H,17,19). The molecule has 1 aromatic rings. The third-order valence-electron chi connectivity index (χ3n) is 3.03. The number of amides is 1. The van der Waals surface area contributed by atoms with Crippen molar-refractivity contribution in [2.75, 3.05) is 13.7 Å². The quantitative estimate of drug-likeness (QED) is 0.760. The zero-order chi connectivity index (χ0) is 15.0. The molecule has 2 N–H and O–H groups in total. The minimum Gasteiger partial charge on any atom is -0.481 e. The Morgan fingerprint density at radius 3 is 2.80 bits per heavy atom. The summed E-state index contributed by atoms with van der Waals surface area (Å²) in [5, 5.41) is 6.13. The zero-order valence-corrected chi connectivity index (χ0v) is 12.8. The van der Waals surface area contributed by atoms with Gasteiger partial charge in [-0.15, -0.1) is 0 Å². The maximum absolute atomic E-state index is 11.9. The normalized spacial score (nSPS) is 12.2. The number of ether oxygens (including phenoxy) is 1. The molecule has 1 unspecified atom stereocenters. The van der Waals surface area contributed by atoms with Crippen LogP contribution in [0.4, 0.5) is 0 Å². The summed E-state index contributed by atoms with van der Waals surface area (Å²) in [6, 6.07) is 3.54. The van der Waals surface area contributed by atoms with Crippen LogP contribution in [0.5, 0.6) is 5.88 Å². The van der Waals surface area contributed by atoms with Gasteiger partial charge in [-0.3, -0.25) is 4.79 Å². The molecule has 5 nitrogen and oxygen atoms in total. The maximum atomic E-state index is 11.9. The van der Waals surface area contributed by atoms with E-state index in [2.05, 4.69) is 29.5 Å². The fourth-order valence-electron chi connectivity index (χ4n) is 1.67. The van der Waals surface area contributed by atoms with Crippen LogP contribution in [-0.4, -0.2) is 30.6 Å². The van der Waals surface area contributed by atoms with Crippen LogP contribution in [0.2, 0.25) is 0 Å². The molecule has 0 radical (unpaired) electrons. The second kappa shape index (κ2) is 8.53. The lowest BCUT2D eigenvalue weighted by molar-refractivity contribution is -0.122. The van der Waals surface area contributed by atoms with Crippen molar-refractivity contribution in [3.63, 3.8) is 0 Å². The molecule has 1 aromatic heterocycles. The molecule has 0 fully saturated rings. The highest BCUT2D eigenvalue weighted by Gasteiger charge is 2.11. The number of hydrogen-bond donors (Lipinski definition) is 2. The first-order valence-electron chi connectivity index (χ1n) is 7.03. The summed E-state index contributed by atoms with van der Waals surface area (Å²) < 4.78 is 5.07. The number of carbonyl (C=O) groups is 1. The average molecular weight is 279 g/mol. The molecule has 0 aromatic carbocycles. The number of carbonyl (C=O) groups excluding carboxylic acids is 1. The van der Waals surface area contributed by atoms with Crippen LogP contribution >= 0.6 is 0 Å². The van der Waals surface area contributed by atoms with Crippen LogP contribution in [0.25, 0.3) is 0 Å². The van der Waals surface area contributed by atoms with Gasteiger partial charge in [0, 0.05) is 25.4 Å². The van der Waals surface area contributed by atoms with Crippen LogP contribution in [0.3, 0.4) is 0 Å². The summed E-state index contributed by atoms with van der Waals surface area (Å²) in [5.41, 5.74) is 1.04. The molecule has 5 heteroatoms.